The van der Waals surface area contributed by atoms with Crippen molar-refractivity contribution in [1.29, 1.82) is 0 Å². The minimum Gasteiger partial charge on any atom is -0.345 e. The van der Waals surface area contributed by atoms with Crippen LogP contribution in [0, 0.1) is 5.82 Å². The van der Waals surface area contributed by atoms with E-state index in [0.717, 1.165) is 4.47 Å². The SMILES string of the molecule is CC(NC(=O)c1sccc1Br)c1ccccc1F. The smallest absolute Gasteiger partial charge is 0.262 e. The lowest BCUT2D eigenvalue weighted by molar-refractivity contribution is 0.0943. The lowest BCUT2D eigenvalue weighted by Gasteiger charge is -2.14. The van der Waals surface area contributed by atoms with Crippen molar-refractivity contribution in [1.82, 2.24) is 5.32 Å². The Labute approximate surface area is 117 Å². The fraction of sp³-hybridized carbons (Fsp3) is 0.154. The number of rotatable bonds is 3. The second-order valence-corrected chi connectivity index (χ2v) is 5.58. The number of benzene rings is 1. The van der Waals surface area contributed by atoms with Crippen molar-refractivity contribution in [2.75, 3.05) is 0 Å². The molecule has 0 spiro atoms. The molecule has 2 aromatic rings. The highest BCUT2D eigenvalue weighted by Crippen LogP contribution is 2.24. The van der Waals surface area contributed by atoms with Gasteiger partial charge in [0.15, 0.2) is 0 Å². The van der Waals surface area contributed by atoms with Crippen LogP contribution in [0.3, 0.4) is 0 Å². The lowest BCUT2D eigenvalue weighted by atomic mass is 10.1. The molecule has 0 bridgehead atoms. The van der Waals surface area contributed by atoms with E-state index in [0.29, 0.717) is 10.4 Å². The number of thiophene rings is 1. The Bertz CT molecular complexity index is 570. The van der Waals surface area contributed by atoms with Gasteiger partial charge in [0.1, 0.15) is 10.7 Å². The quantitative estimate of drug-likeness (QED) is 0.901. The van der Waals surface area contributed by atoms with Crippen molar-refractivity contribution in [3.63, 3.8) is 0 Å². The maximum absolute atomic E-state index is 13.6. The molecule has 1 amide bonds. The molecule has 1 atom stereocenters. The molecule has 0 aliphatic carbocycles. The van der Waals surface area contributed by atoms with Crippen LogP contribution < -0.4 is 5.32 Å². The Balaban J connectivity index is 2.13. The zero-order valence-corrected chi connectivity index (χ0v) is 12.0. The third kappa shape index (κ3) is 2.79. The first-order valence-electron chi connectivity index (χ1n) is 5.38. The van der Waals surface area contributed by atoms with Crippen LogP contribution in [0.5, 0.6) is 0 Å². The van der Waals surface area contributed by atoms with Gasteiger partial charge in [-0.25, -0.2) is 4.39 Å². The van der Waals surface area contributed by atoms with E-state index in [1.54, 1.807) is 25.1 Å². The topological polar surface area (TPSA) is 29.1 Å². The maximum atomic E-state index is 13.6. The number of carbonyl (C=O) groups is 1. The molecule has 0 fully saturated rings. The van der Waals surface area contributed by atoms with Gasteiger partial charge in [0, 0.05) is 10.0 Å². The molecule has 5 heteroatoms. The average molecular weight is 328 g/mol. The molecular formula is C13H11BrFNOS. The van der Waals surface area contributed by atoms with Gasteiger partial charge in [0.25, 0.3) is 5.91 Å². The molecule has 0 saturated heterocycles. The fourth-order valence-electron chi connectivity index (χ4n) is 1.62. The number of carbonyl (C=O) groups excluding carboxylic acids is 1. The molecule has 18 heavy (non-hydrogen) atoms. The van der Waals surface area contributed by atoms with Gasteiger partial charge in [-0.05, 0) is 40.4 Å². The van der Waals surface area contributed by atoms with Crippen molar-refractivity contribution >= 4 is 33.2 Å². The van der Waals surface area contributed by atoms with Gasteiger partial charge in [-0.15, -0.1) is 11.3 Å². The molecule has 1 aromatic heterocycles. The summed E-state index contributed by atoms with van der Waals surface area (Å²) in [7, 11) is 0. The molecule has 1 aromatic carbocycles. The van der Waals surface area contributed by atoms with Crippen molar-refractivity contribution in [2.24, 2.45) is 0 Å². The Morgan fingerprint density at radius 2 is 2.11 bits per heavy atom. The molecule has 0 aliphatic heterocycles. The zero-order chi connectivity index (χ0) is 13.1. The van der Waals surface area contributed by atoms with E-state index in [1.165, 1.54) is 17.4 Å². The van der Waals surface area contributed by atoms with Crippen LogP contribution in [0.15, 0.2) is 40.2 Å². The highest BCUT2D eigenvalue weighted by Gasteiger charge is 2.16. The predicted octanol–water partition coefficient (Wildman–Crippen LogP) is 4.14. The summed E-state index contributed by atoms with van der Waals surface area (Å²) < 4.78 is 14.3. The number of hydrogen-bond donors (Lipinski definition) is 1. The minimum absolute atomic E-state index is 0.201. The van der Waals surface area contributed by atoms with Gasteiger partial charge in [-0.2, -0.15) is 0 Å². The van der Waals surface area contributed by atoms with E-state index in [-0.39, 0.29) is 17.8 Å². The third-order valence-corrected chi connectivity index (χ3v) is 4.38. The van der Waals surface area contributed by atoms with Crippen LogP contribution in [0.1, 0.15) is 28.2 Å². The van der Waals surface area contributed by atoms with Crippen molar-refractivity contribution in [2.45, 2.75) is 13.0 Å². The summed E-state index contributed by atoms with van der Waals surface area (Å²) >= 11 is 4.65. The van der Waals surface area contributed by atoms with Crippen LogP contribution >= 0.6 is 27.3 Å². The van der Waals surface area contributed by atoms with E-state index in [4.69, 9.17) is 0 Å². The molecule has 2 rings (SSSR count). The van der Waals surface area contributed by atoms with Gasteiger partial charge in [-0.1, -0.05) is 18.2 Å². The first kappa shape index (κ1) is 13.2. The van der Waals surface area contributed by atoms with Crippen molar-refractivity contribution in [3.8, 4) is 0 Å². The molecule has 1 heterocycles. The monoisotopic (exact) mass is 327 g/mol. The fourth-order valence-corrected chi connectivity index (χ4v) is 3.08. The Morgan fingerprint density at radius 3 is 2.72 bits per heavy atom. The molecule has 1 N–H and O–H groups in total. The van der Waals surface area contributed by atoms with Crippen molar-refractivity contribution in [3.05, 3.63) is 56.4 Å². The first-order chi connectivity index (χ1) is 8.59. The molecule has 0 saturated carbocycles. The van der Waals surface area contributed by atoms with Gasteiger partial charge >= 0.3 is 0 Å². The molecule has 2 nitrogen and oxygen atoms in total. The summed E-state index contributed by atoms with van der Waals surface area (Å²) in [5.74, 6) is -0.511. The Morgan fingerprint density at radius 1 is 1.39 bits per heavy atom. The molecular weight excluding hydrogens is 317 g/mol. The Kier molecular flexibility index (Phi) is 4.14. The normalized spacial score (nSPS) is 12.2. The molecule has 1 unspecified atom stereocenters. The van der Waals surface area contributed by atoms with Crippen molar-refractivity contribution < 1.29 is 9.18 Å². The minimum atomic E-state index is -0.368. The summed E-state index contributed by atoms with van der Waals surface area (Å²) in [5.41, 5.74) is 0.485. The van der Waals surface area contributed by atoms with E-state index in [1.807, 2.05) is 11.4 Å². The number of hydrogen-bond acceptors (Lipinski definition) is 2. The Hall–Kier alpha value is -1.20. The van der Waals surface area contributed by atoms with E-state index in [2.05, 4.69) is 21.2 Å². The molecule has 0 radical (unpaired) electrons. The highest BCUT2D eigenvalue weighted by atomic mass is 79.9. The standard InChI is InChI=1S/C13H11BrFNOS/c1-8(9-4-2-3-5-11(9)15)16-13(17)12-10(14)6-7-18-12/h2-8H,1H3,(H,16,17). The van der Waals surface area contributed by atoms with Gasteiger partial charge in [-0.3, -0.25) is 4.79 Å². The van der Waals surface area contributed by atoms with E-state index < -0.39 is 0 Å². The summed E-state index contributed by atoms with van der Waals surface area (Å²) in [5, 5.41) is 4.61. The van der Waals surface area contributed by atoms with Crippen LogP contribution in [0.2, 0.25) is 0 Å². The largest absolute Gasteiger partial charge is 0.345 e. The van der Waals surface area contributed by atoms with E-state index >= 15 is 0 Å². The zero-order valence-electron chi connectivity index (χ0n) is 9.61. The van der Waals surface area contributed by atoms with Gasteiger partial charge in [0.2, 0.25) is 0 Å². The van der Waals surface area contributed by atoms with Crippen LogP contribution in [0.25, 0.3) is 0 Å². The lowest BCUT2D eigenvalue weighted by Crippen LogP contribution is -2.26. The van der Waals surface area contributed by atoms with Crippen LogP contribution in [0.4, 0.5) is 4.39 Å². The van der Waals surface area contributed by atoms with Crippen LogP contribution in [-0.2, 0) is 0 Å². The molecule has 0 aliphatic rings. The predicted molar refractivity (Wildman–Crippen MR) is 74.3 cm³/mol. The molecule has 94 valence electrons. The summed E-state index contributed by atoms with van der Waals surface area (Å²) in [6, 6.07) is 7.88. The maximum Gasteiger partial charge on any atom is 0.262 e. The number of halogens is 2. The summed E-state index contributed by atoms with van der Waals surface area (Å²) in [4.78, 5) is 12.6. The van der Waals surface area contributed by atoms with Crippen LogP contribution in [-0.4, -0.2) is 5.91 Å². The number of nitrogens with one attached hydrogen (secondary N) is 1. The summed E-state index contributed by atoms with van der Waals surface area (Å²) in [6.45, 7) is 1.76. The third-order valence-electron chi connectivity index (χ3n) is 2.54. The second kappa shape index (κ2) is 5.63. The second-order valence-electron chi connectivity index (χ2n) is 3.81. The highest BCUT2D eigenvalue weighted by molar-refractivity contribution is 9.10. The first-order valence-corrected chi connectivity index (χ1v) is 7.05. The van der Waals surface area contributed by atoms with Gasteiger partial charge in [0.05, 0.1) is 6.04 Å². The van der Waals surface area contributed by atoms with E-state index in [9.17, 15) is 9.18 Å². The average Bonchev–Trinajstić information content (AvgIpc) is 2.76. The number of amides is 1. The van der Waals surface area contributed by atoms with Gasteiger partial charge < -0.3 is 5.32 Å². The summed E-state index contributed by atoms with van der Waals surface area (Å²) in [6.07, 6.45) is 0.